The third-order valence-electron chi connectivity index (χ3n) is 3.89. The third kappa shape index (κ3) is 2.36. The van der Waals surface area contributed by atoms with Gasteiger partial charge in [-0.2, -0.15) is 4.31 Å². The van der Waals surface area contributed by atoms with E-state index in [9.17, 15) is 18.3 Å². The molecular weight excluding hydrogens is 304 g/mol. The molecule has 0 unspecified atom stereocenters. The Morgan fingerprint density at radius 2 is 2.18 bits per heavy atom. The molecule has 3 rings (SSSR count). The summed E-state index contributed by atoms with van der Waals surface area (Å²) in [4.78, 5) is 15.6. The van der Waals surface area contributed by atoms with Crippen LogP contribution in [0.4, 0.5) is 0 Å². The highest BCUT2D eigenvalue weighted by molar-refractivity contribution is 7.89. The molecule has 22 heavy (non-hydrogen) atoms. The van der Waals surface area contributed by atoms with Crippen LogP contribution in [-0.4, -0.2) is 41.4 Å². The molecule has 0 radical (unpaired) electrons. The lowest BCUT2D eigenvalue weighted by atomic mass is 10.2. The monoisotopic (exact) mass is 320 g/mol. The molecule has 2 heterocycles. The summed E-state index contributed by atoms with van der Waals surface area (Å²) in [5.74, 6) is -1.11. The van der Waals surface area contributed by atoms with Crippen molar-refractivity contribution in [1.29, 1.82) is 0 Å². The van der Waals surface area contributed by atoms with Gasteiger partial charge in [0.1, 0.15) is 10.9 Å². The van der Waals surface area contributed by atoms with E-state index in [-0.39, 0.29) is 11.4 Å². The van der Waals surface area contributed by atoms with Crippen LogP contribution in [0.25, 0.3) is 10.9 Å². The van der Waals surface area contributed by atoms with Gasteiger partial charge < -0.3 is 5.11 Å². The molecule has 7 heteroatoms. The third-order valence-corrected chi connectivity index (χ3v) is 5.83. The summed E-state index contributed by atoms with van der Waals surface area (Å²) in [6, 6.07) is 5.80. The van der Waals surface area contributed by atoms with E-state index in [4.69, 9.17) is 0 Å². The highest BCUT2D eigenvalue weighted by atomic mass is 32.2. The SMILES string of the molecule is Cc1cnc2c(S(=O)(=O)N3CCC[C@@H]3C(=O)O)cccc2c1. The molecule has 1 aromatic heterocycles. The van der Waals surface area contributed by atoms with E-state index in [1.54, 1.807) is 18.3 Å². The Labute approximate surface area is 128 Å². The zero-order valence-electron chi connectivity index (χ0n) is 12.1. The number of rotatable bonds is 3. The zero-order valence-corrected chi connectivity index (χ0v) is 12.9. The number of pyridine rings is 1. The van der Waals surface area contributed by atoms with Crippen molar-refractivity contribution in [3.63, 3.8) is 0 Å². The number of aliphatic carboxylic acids is 1. The number of para-hydroxylation sites is 1. The number of fused-ring (bicyclic) bond motifs is 1. The fourth-order valence-corrected chi connectivity index (χ4v) is 4.67. The van der Waals surface area contributed by atoms with Crippen LogP contribution in [0.3, 0.4) is 0 Å². The van der Waals surface area contributed by atoms with E-state index in [0.717, 1.165) is 15.3 Å². The largest absolute Gasteiger partial charge is 0.480 e. The van der Waals surface area contributed by atoms with E-state index in [1.165, 1.54) is 6.07 Å². The Morgan fingerprint density at radius 3 is 2.91 bits per heavy atom. The summed E-state index contributed by atoms with van der Waals surface area (Å²) >= 11 is 0. The van der Waals surface area contributed by atoms with Gasteiger partial charge in [0.25, 0.3) is 0 Å². The molecule has 6 nitrogen and oxygen atoms in total. The fourth-order valence-electron chi connectivity index (χ4n) is 2.85. The summed E-state index contributed by atoms with van der Waals surface area (Å²) < 4.78 is 26.8. The molecule has 1 N–H and O–H groups in total. The van der Waals surface area contributed by atoms with Crippen LogP contribution in [0.5, 0.6) is 0 Å². The van der Waals surface area contributed by atoms with Crippen molar-refractivity contribution >= 4 is 26.9 Å². The van der Waals surface area contributed by atoms with E-state index in [0.29, 0.717) is 18.4 Å². The second-order valence-corrected chi connectivity index (χ2v) is 7.31. The maximum Gasteiger partial charge on any atom is 0.322 e. The van der Waals surface area contributed by atoms with Gasteiger partial charge in [0.05, 0.1) is 5.52 Å². The maximum absolute atomic E-state index is 12.9. The number of carbonyl (C=O) groups is 1. The molecule has 116 valence electrons. The average molecular weight is 320 g/mol. The minimum Gasteiger partial charge on any atom is -0.480 e. The number of benzene rings is 1. The average Bonchev–Trinajstić information content (AvgIpc) is 2.96. The molecule has 1 aliphatic rings. The Morgan fingerprint density at radius 1 is 1.41 bits per heavy atom. The van der Waals surface area contributed by atoms with Gasteiger partial charge in [-0.05, 0) is 37.5 Å². The van der Waals surface area contributed by atoms with Crippen LogP contribution in [0.2, 0.25) is 0 Å². The summed E-state index contributed by atoms with van der Waals surface area (Å²) in [6.07, 6.45) is 2.50. The Balaban J connectivity index is 2.15. The van der Waals surface area contributed by atoms with E-state index < -0.39 is 22.0 Å². The predicted octanol–water partition coefficient (Wildman–Crippen LogP) is 1.78. The van der Waals surface area contributed by atoms with Crippen molar-refractivity contribution in [3.8, 4) is 0 Å². The minimum atomic E-state index is -3.88. The Hall–Kier alpha value is -1.99. The van der Waals surface area contributed by atoms with Gasteiger partial charge in [-0.15, -0.1) is 0 Å². The summed E-state index contributed by atoms with van der Waals surface area (Å²) in [7, 11) is -3.88. The zero-order chi connectivity index (χ0) is 15.9. The number of aryl methyl sites for hydroxylation is 1. The molecule has 1 atom stereocenters. The Bertz CT molecular complexity index is 848. The summed E-state index contributed by atoms with van der Waals surface area (Å²) in [5, 5.41) is 9.95. The topological polar surface area (TPSA) is 87.6 Å². The first kappa shape index (κ1) is 14.9. The normalized spacial score (nSPS) is 19.6. The first-order valence-electron chi connectivity index (χ1n) is 7.01. The van der Waals surface area contributed by atoms with Gasteiger partial charge in [-0.1, -0.05) is 12.1 Å². The number of nitrogens with zero attached hydrogens (tertiary/aromatic N) is 2. The first-order chi connectivity index (χ1) is 10.4. The van der Waals surface area contributed by atoms with Gasteiger partial charge >= 0.3 is 5.97 Å². The Kier molecular flexibility index (Phi) is 3.62. The minimum absolute atomic E-state index is 0.0677. The number of hydrogen-bond donors (Lipinski definition) is 1. The number of sulfonamides is 1. The van der Waals surface area contributed by atoms with Crippen molar-refractivity contribution in [2.24, 2.45) is 0 Å². The second-order valence-electron chi connectivity index (χ2n) is 5.45. The molecular formula is C15H16N2O4S. The molecule has 0 spiro atoms. The highest BCUT2D eigenvalue weighted by Gasteiger charge is 2.40. The fraction of sp³-hybridized carbons (Fsp3) is 0.333. The molecule has 0 aliphatic carbocycles. The van der Waals surface area contributed by atoms with Crippen LogP contribution in [0, 0.1) is 6.92 Å². The van der Waals surface area contributed by atoms with Crippen LogP contribution in [0.15, 0.2) is 35.4 Å². The van der Waals surface area contributed by atoms with Gasteiger partial charge in [0.15, 0.2) is 0 Å². The molecule has 0 bridgehead atoms. The van der Waals surface area contributed by atoms with Gasteiger partial charge in [-0.25, -0.2) is 8.42 Å². The number of aromatic nitrogens is 1. The molecule has 1 saturated heterocycles. The molecule has 0 amide bonds. The summed E-state index contributed by atoms with van der Waals surface area (Å²) in [5.41, 5.74) is 1.32. The molecule has 0 saturated carbocycles. The lowest BCUT2D eigenvalue weighted by Gasteiger charge is -2.21. The lowest BCUT2D eigenvalue weighted by Crippen LogP contribution is -2.40. The number of carboxylic acid groups (broad SMARTS) is 1. The predicted molar refractivity (Wildman–Crippen MR) is 81.0 cm³/mol. The summed E-state index contributed by atoms with van der Waals surface area (Å²) in [6.45, 7) is 2.11. The highest BCUT2D eigenvalue weighted by Crippen LogP contribution is 2.30. The number of hydrogen-bond acceptors (Lipinski definition) is 4. The molecule has 1 aliphatic heterocycles. The van der Waals surface area contributed by atoms with Crippen LogP contribution in [-0.2, 0) is 14.8 Å². The smallest absolute Gasteiger partial charge is 0.322 e. The molecule has 1 aromatic carbocycles. The number of carboxylic acids is 1. The van der Waals surface area contributed by atoms with Gasteiger partial charge in [0.2, 0.25) is 10.0 Å². The van der Waals surface area contributed by atoms with Crippen LogP contribution < -0.4 is 0 Å². The standard InChI is InChI=1S/C15H16N2O4S/c1-10-8-11-4-2-6-13(14(11)16-9-10)22(20,21)17-7-3-5-12(17)15(18)19/h2,4,6,8-9,12H,3,5,7H2,1H3,(H,18,19)/t12-/m1/s1. The van der Waals surface area contributed by atoms with Crippen molar-refractivity contribution in [2.75, 3.05) is 6.54 Å². The van der Waals surface area contributed by atoms with Crippen molar-refractivity contribution in [1.82, 2.24) is 9.29 Å². The van der Waals surface area contributed by atoms with Gasteiger partial charge in [0, 0.05) is 18.1 Å². The first-order valence-corrected chi connectivity index (χ1v) is 8.45. The molecule has 2 aromatic rings. The quantitative estimate of drug-likeness (QED) is 0.931. The van der Waals surface area contributed by atoms with E-state index >= 15 is 0 Å². The lowest BCUT2D eigenvalue weighted by molar-refractivity contribution is -0.140. The van der Waals surface area contributed by atoms with E-state index in [2.05, 4.69) is 4.98 Å². The van der Waals surface area contributed by atoms with Gasteiger partial charge in [-0.3, -0.25) is 9.78 Å². The van der Waals surface area contributed by atoms with E-state index in [1.807, 2.05) is 13.0 Å². The maximum atomic E-state index is 12.9. The van der Waals surface area contributed by atoms with Crippen molar-refractivity contribution in [2.45, 2.75) is 30.7 Å². The van der Waals surface area contributed by atoms with Crippen LogP contribution >= 0.6 is 0 Å². The second kappa shape index (κ2) is 5.33. The van der Waals surface area contributed by atoms with Crippen molar-refractivity contribution < 1.29 is 18.3 Å². The van der Waals surface area contributed by atoms with Crippen LogP contribution in [0.1, 0.15) is 18.4 Å². The van der Waals surface area contributed by atoms with Crippen molar-refractivity contribution in [3.05, 3.63) is 36.0 Å². The molecule has 1 fully saturated rings.